The number of rotatable bonds is 48. The minimum Gasteiger partial charge on any atom is -0.477 e. The van der Waals surface area contributed by atoms with Gasteiger partial charge in [0.1, 0.15) is 6.61 Å². The lowest BCUT2D eigenvalue weighted by atomic mass is 10.1. The third-order valence-electron chi connectivity index (χ3n) is 11.7. The normalized spacial score (nSPS) is 13.6. The molecule has 0 amide bonds. The van der Waals surface area contributed by atoms with Crippen LogP contribution < -0.4 is 0 Å². The molecule has 0 rings (SSSR count). The molecule has 2 unspecified atom stereocenters. The largest absolute Gasteiger partial charge is 0.477 e. The SMILES string of the molecule is CC/C=C/C/C=C/C/C=C/C/C=C/C/C=C/CCCCCCCCC(=O)OC(COCCC(C(=O)O)[N+](C)(C)C)COC(=O)CCCCCCCCCCC/C=C/C/C=C/C/C=C/CCCCC. The van der Waals surface area contributed by atoms with Crippen molar-refractivity contribution in [3.05, 3.63) is 97.2 Å². The van der Waals surface area contributed by atoms with Crippen molar-refractivity contribution in [2.75, 3.05) is 41.0 Å². The van der Waals surface area contributed by atoms with Crippen molar-refractivity contribution in [1.29, 1.82) is 0 Å². The van der Waals surface area contributed by atoms with Crippen LogP contribution in [0, 0.1) is 0 Å². The molecule has 8 nitrogen and oxygen atoms in total. The molecule has 0 aliphatic heterocycles. The van der Waals surface area contributed by atoms with Gasteiger partial charge < -0.3 is 23.8 Å². The fraction of sp³-hybridized carbons (Fsp3) is 0.683. The molecule has 0 bridgehead atoms. The molecule has 0 saturated heterocycles. The van der Waals surface area contributed by atoms with E-state index in [2.05, 4.69) is 111 Å². The second kappa shape index (κ2) is 49.7. The van der Waals surface area contributed by atoms with Crippen LogP contribution in [-0.2, 0) is 28.6 Å². The van der Waals surface area contributed by atoms with Crippen LogP contribution in [0.1, 0.15) is 213 Å². The minimum atomic E-state index is -0.881. The van der Waals surface area contributed by atoms with E-state index in [0.29, 0.717) is 19.3 Å². The molecule has 0 aliphatic rings. The van der Waals surface area contributed by atoms with E-state index < -0.39 is 18.1 Å². The van der Waals surface area contributed by atoms with Gasteiger partial charge in [-0.05, 0) is 96.3 Å². The number of unbranched alkanes of at least 4 members (excludes halogenated alkanes) is 18. The average molecular weight is 949 g/mol. The number of carboxylic acids is 1. The maximum Gasteiger partial charge on any atom is 0.362 e. The molecule has 8 heteroatoms. The number of hydrogen-bond acceptors (Lipinski definition) is 6. The van der Waals surface area contributed by atoms with Gasteiger partial charge in [0.2, 0.25) is 0 Å². The number of likely N-dealkylation sites (N-methyl/N-ethyl adjacent to an activating group) is 1. The summed E-state index contributed by atoms with van der Waals surface area (Å²) in [6, 6.07) is -0.625. The third-order valence-corrected chi connectivity index (χ3v) is 11.7. The van der Waals surface area contributed by atoms with Crippen molar-refractivity contribution in [3.63, 3.8) is 0 Å². The van der Waals surface area contributed by atoms with E-state index in [1.54, 1.807) is 0 Å². The summed E-state index contributed by atoms with van der Waals surface area (Å²) in [7, 11) is 5.52. The van der Waals surface area contributed by atoms with Crippen molar-refractivity contribution >= 4 is 17.9 Å². The molecule has 0 radical (unpaired) electrons. The predicted octanol–water partition coefficient (Wildman–Crippen LogP) is 16.2. The van der Waals surface area contributed by atoms with Gasteiger partial charge in [-0.3, -0.25) is 9.59 Å². The first-order valence-electron chi connectivity index (χ1n) is 27.3. The molecule has 388 valence electrons. The molecule has 0 aromatic carbocycles. The fourth-order valence-electron chi connectivity index (χ4n) is 7.54. The molecular weight excluding hydrogens is 847 g/mol. The molecule has 0 heterocycles. The average Bonchev–Trinajstić information content (AvgIpc) is 3.30. The van der Waals surface area contributed by atoms with Gasteiger partial charge in [0.15, 0.2) is 12.1 Å². The first-order valence-corrected chi connectivity index (χ1v) is 27.3. The predicted molar refractivity (Wildman–Crippen MR) is 289 cm³/mol. The van der Waals surface area contributed by atoms with E-state index in [9.17, 15) is 19.5 Å². The zero-order valence-corrected chi connectivity index (χ0v) is 44.3. The molecule has 0 saturated carbocycles. The monoisotopic (exact) mass is 949 g/mol. The van der Waals surface area contributed by atoms with Gasteiger partial charge in [-0.1, -0.05) is 195 Å². The Bertz CT molecular complexity index is 1430. The number of ether oxygens (including phenoxy) is 3. The summed E-state index contributed by atoms with van der Waals surface area (Å²) >= 11 is 0. The molecule has 0 fully saturated rings. The Hall–Kier alpha value is -3.75. The van der Waals surface area contributed by atoms with E-state index in [-0.39, 0.29) is 36.2 Å². The van der Waals surface area contributed by atoms with Crippen molar-refractivity contribution in [2.24, 2.45) is 0 Å². The lowest BCUT2D eigenvalue weighted by Gasteiger charge is -2.31. The number of carbonyl (C=O) groups excluding carboxylic acids is 2. The number of nitrogens with zero attached hydrogens (tertiary/aromatic N) is 1. The Labute approximate surface area is 417 Å². The highest BCUT2D eigenvalue weighted by atomic mass is 16.6. The summed E-state index contributed by atoms with van der Waals surface area (Å²) < 4.78 is 17.4. The maximum absolute atomic E-state index is 12.8. The number of allylic oxidation sites excluding steroid dienone is 16. The van der Waals surface area contributed by atoms with Crippen molar-refractivity contribution in [1.82, 2.24) is 0 Å². The standard InChI is InChI=1S/C60H101NO7/c1-6-8-10-12-14-16-18-20-22-24-26-28-30-32-34-36-38-40-42-44-46-48-50-58(62)67-55-56(54-66-53-52-57(60(64)65)61(3,4)5)68-59(63)51-49-47-45-43-41-39-37-35-33-31-29-27-25-23-21-19-17-15-13-11-9-7-2/h9,11,14-17,20-23,26-29,33,35,56-57H,6-8,10,12-13,18-19,24-25,30-32,34,36-55H2,1-5H3/p+1/b11-9+,16-14+,17-15+,22-20+,23-21+,28-26+,29-27+,35-33+. The quantitative estimate of drug-likeness (QED) is 0.0281. The van der Waals surface area contributed by atoms with Gasteiger partial charge in [-0.15, -0.1) is 0 Å². The zero-order valence-electron chi connectivity index (χ0n) is 44.3. The number of hydrogen-bond donors (Lipinski definition) is 1. The van der Waals surface area contributed by atoms with E-state index in [1.807, 2.05) is 21.1 Å². The van der Waals surface area contributed by atoms with Crippen LogP contribution in [0.4, 0.5) is 0 Å². The first-order chi connectivity index (χ1) is 33.1. The summed E-state index contributed by atoms with van der Waals surface area (Å²) in [5, 5.41) is 9.67. The molecular formula is C60H102NO7+. The summed E-state index contributed by atoms with van der Waals surface area (Å²) in [4.78, 5) is 37.3. The molecule has 0 aliphatic carbocycles. The Morgan fingerprint density at radius 1 is 0.456 bits per heavy atom. The second-order valence-corrected chi connectivity index (χ2v) is 19.1. The van der Waals surface area contributed by atoms with Crippen LogP contribution in [0.15, 0.2) is 97.2 Å². The highest BCUT2D eigenvalue weighted by Crippen LogP contribution is 2.14. The van der Waals surface area contributed by atoms with Gasteiger partial charge in [-0.2, -0.15) is 0 Å². The van der Waals surface area contributed by atoms with Crippen molar-refractivity contribution < 1.29 is 38.2 Å². The smallest absolute Gasteiger partial charge is 0.362 e. The lowest BCUT2D eigenvalue weighted by Crippen LogP contribution is -2.50. The van der Waals surface area contributed by atoms with Crippen LogP contribution >= 0.6 is 0 Å². The molecule has 68 heavy (non-hydrogen) atoms. The molecule has 0 spiro atoms. The Morgan fingerprint density at radius 3 is 1.22 bits per heavy atom. The highest BCUT2D eigenvalue weighted by molar-refractivity contribution is 5.72. The summed E-state index contributed by atoms with van der Waals surface area (Å²) in [6.45, 7) is 4.58. The maximum atomic E-state index is 12.8. The third kappa shape index (κ3) is 47.3. The number of esters is 2. The van der Waals surface area contributed by atoms with Crippen LogP contribution in [-0.4, -0.2) is 80.6 Å². The van der Waals surface area contributed by atoms with Crippen LogP contribution in [0.3, 0.4) is 0 Å². The lowest BCUT2D eigenvalue weighted by molar-refractivity contribution is -0.887. The molecule has 2 atom stereocenters. The van der Waals surface area contributed by atoms with E-state index in [0.717, 1.165) is 103 Å². The Morgan fingerprint density at radius 2 is 0.824 bits per heavy atom. The molecule has 1 N–H and O–H groups in total. The van der Waals surface area contributed by atoms with Crippen molar-refractivity contribution in [2.45, 2.75) is 225 Å². The summed E-state index contributed by atoms with van der Waals surface area (Å²) in [5.74, 6) is -1.50. The number of carbonyl (C=O) groups is 3. The summed E-state index contributed by atoms with van der Waals surface area (Å²) in [6.07, 6.45) is 67.4. The summed E-state index contributed by atoms with van der Waals surface area (Å²) in [5.41, 5.74) is 0. The van der Waals surface area contributed by atoms with Crippen LogP contribution in [0.2, 0.25) is 0 Å². The van der Waals surface area contributed by atoms with Gasteiger partial charge in [0, 0.05) is 19.3 Å². The second-order valence-electron chi connectivity index (χ2n) is 19.1. The Balaban J connectivity index is 4.27. The van der Waals surface area contributed by atoms with Gasteiger partial charge in [0.05, 0.1) is 34.4 Å². The van der Waals surface area contributed by atoms with Crippen LogP contribution in [0.25, 0.3) is 0 Å². The van der Waals surface area contributed by atoms with Crippen LogP contribution in [0.5, 0.6) is 0 Å². The van der Waals surface area contributed by atoms with Gasteiger partial charge in [0.25, 0.3) is 0 Å². The van der Waals surface area contributed by atoms with Gasteiger partial charge in [-0.25, -0.2) is 4.79 Å². The number of quaternary nitrogens is 1. The fourth-order valence-corrected chi connectivity index (χ4v) is 7.54. The highest BCUT2D eigenvalue weighted by Gasteiger charge is 2.31. The number of carboxylic acid groups (broad SMARTS) is 1. The first kappa shape index (κ1) is 64.2. The Kier molecular flexibility index (Phi) is 46.9. The minimum absolute atomic E-state index is 0.0479. The number of aliphatic carboxylic acids is 1. The van der Waals surface area contributed by atoms with E-state index >= 15 is 0 Å². The zero-order chi connectivity index (χ0) is 49.9. The van der Waals surface area contributed by atoms with Gasteiger partial charge >= 0.3 is 17.9 Å². The van der Waals surface area contributed by atoms with E-state index in [1.165, 1.54) is 77.0 Å². The molecule has 0 aromatic heterocycles. The topological polar surface area (TPSA) is 99.1 Å². The van der Waals surface area contributed by atoms with Crippen molar-refractivity contribution in [3.8, 4) is 0 Å². The van der Waals surface area contributed by atoms with E-state index in [4.69, 9.17) is 14.2 Å². The molecule has 0 aromatic rings.